The van der Waals surface area contributed by atoms with Crippen molar-refractivity contribution in [3.05, 3.63) is 34.1 Å². The van der Waals surface area contributed by atoms with Crippen LogP contribution in [0.3, 0.4) is 0 Å². The van der Waals surface area contributed by atoms with Crippen LogP contribution in [0.5, 0.6) is 10.9 Å². The number of hydrogen-bond donors (Lipinski definition) is 0. The molecule has 0 radical (unpaired) electrons. The summed E-state index contributed by atoms with van der Waals surface area (Å²) in [7, 11) is 1.66. The summed E-state index contributed by atoms with van der Waals surface area (Å²) in [6.07, 6.45) is 0.690. The highest BCUT2D eigenvalue weighted by atomic mass is 35.5. The molecule has 19 heavy (non-hydrogen) atoms. The molecule has 4 nitrogen and oxygen atoms in total. The van der Waals surface area contributed by atoms with Gasteiger partial charge >= 0.3 is 0 Å². The van der Waals surface area contributed by atoms with Gasteiger partial charge in [0, 0.05) is 30.1 Å². The van der Waals surface area contributed by atoms with E-state index in [0.717, 1.165) is 27.7 Å². The number of hydrogen-bond acceptors (Lipinski definition) is 5. The van der Waals surface area contributed by atoms with Crippen molar-refractivity contribution >= 4 is 23.1 Å². The average molecular weight is 299 g/mol. The number of methoxy groups -OCH3 is 1. The molecule has 6 heteroatoms. The normalized spacial score (nSPS) is 10.7. The number of ether oxygens (including phenoxy) is 2. The topological polar surface area (TPSA) is 44.2 Å². The Bertz CT molecular complexity index is 549. The Morgan fingerprint density at radius 3 is 2.58 bits per heavy atom. The predicted octanol–water partition coefficient (Wildman–Crippen LogP) is 3.79. The highest BCUT2D eigenvalue weighted by Crippen LogP contribution is 2.29. The van der Waals surface area contributed by atoms with E-state index in [-0.39, 0.29) is 0 Å². The van der Waals surface area contributed by atoms with Crippen molar-refractivity contribution in [3.8, 4) is 10.9 Å². The Balaban J connectivity index is 2.10. The Labute approximate surface area is 121 Å². The molecule has 0 N–H and O–H groups in total. The van der Waals surface area contributed by atoms with E-state index in [2.05, 4.69) is 9.36 Å². The molecule has 1 aromatic carbocycles. The van der Waals surface area contributed by atoms with Crippen LogP contribution in [-0.2, 0) is 11.2 Å². The molecule has 0 amide bonds. The van der Waals surface area contributed by atoms with Gasteiger partial charge in [-0.3, -0.25) is 0 Å². The molecule has 0 bridgehead atoms. The summed E-state index contributed by atoms with van der Waals surface area (Å²) in [4.78, 5) is 4.30. The van der Waals surface area contributed by atoms with Gasteiger partial charge in [0.15, 0.2) is 0 Å². The van der Waals surface area contributed by atoms with Crippen molar-refractivity contribution in [1.29, 1.82) is 0 Å². The van der Waals surface area contributed by atoms with Gasteiger partial charge in [-0.05, 0) is 37.1 Å². The summed E-state index contributed by atoms with van der Waals surface area (Å²) in [5.41, 5.74) is 1.97. The molecule has 1 aromatic heterocycles. The molecule has 0 unspecified atom stereocenters. The maximum Gasteiger partial charge on any atom is 0.298 e. The monoisotopic (exact) mass is 298 g/mol. The van der Waals surface area contributed by atoms with E-state index >= 15 is 0 Å². The average Bonchev–Trinajstić information content (AvgIpc) is 2.81. The van der Waals surface area contributed by atoms with Gasteiger partial charge in [0.1, 0.15) is 11.6 Å². The predicted molar refractivity (Wildman–Crippen MR) is 76.5 cm³/mol. The molecule has 0 saturated heterocycles. The molecule has 1 heterocycles. The molecule has 0 aliphatic rings. The Hall–Kier alpha value is -1.17. The number of halogens is 1. The van der Waals surface area contributed by atoms with Gasteiger partial charge in [-0.1, -0.05) is 11.6 Å². The van der Waals surface area contributed by atoms with Crippen LogP contribution >= 0.6 is 23.1 Å². The number of aromatic nitrogens is 2. The van der Waals surface area contributed by atoms with E-state index in [0.29, 0.717) is 18.2 Å². The van der Waals surface area contributed by atoms with Crippen molar-refractivity contribution < 1.29 is 9.47 Å². The Morgan fingerprint density at radius 2 is 1.95 bits per heavy atom. The van der Waals surface area contributed by atoms with Gasteiger partial charge in [-0.25, -0.2) is 0 Å². The van der Waals surface area contributed by atoms with Crippen LogP contribution in [0.1, 0.15) is 17.0 Å². The van der Waals surface area contributed by atoms with Gasteiger partial charge in [0.25, 0.3) is 5.19 Å². The highest BCUT2D eigenvalue weighted by molar-refractivity contribution is 7.07. The maximum absolute atomic E-state index is 6.12. The lowest BCUT2D eigenvalue weighted by molar-refractivity contribution is 0.200. The zero-order valence-electron chi connectivity index (χ0n) is 11.1. The van der Waals surface area contributed by atoms with Gasteiger partial charge in [0.2, 0.25) is 0 Å². The summed E-state index contributed by atoms with van der Waals surface area (Å²) in [5.74, 6) is 1.47. The lowest BCUT2D eigenvalue weighted by Crippen LogP contribution is -1.96. The van der Waals surface area contributed by atoms with Gasteiger partial charge in [-0.2, -0.15) is 9.36 Å². The fourth-order valence-corrected chi connectivity index (χ4v) is 2.34. The fraction of sp³-hybridized carbons (Fsp3) is 0.385. The standard InChI is InChI=1S/C13H15ClN2O2S/c1-8-6-10(7-9(2)12(8)14)18-13-15-11(16-19-13)4-5-17-3/h6-7H,4-5H2,1-3H3. The lowest BCUT2D eigenvalue weighted by Gasteiger charge is -2.06. The smallest absolute Gasteiger partial charge is 0.298 e. The van der Waals surface area contributed by atoms with Crippen LogP contribution in [-0.4, -0.2) is 23.1 Å². The zero-order valence-corrected chi connectivity index (χ0v) is 12.6. The zero-order chi connectivity index (χ0) is 13.8. The number of benzene rings is 1. The van der Waals surface area contributed by atoms with Gasteiger partial charge < -0.3 is 9.47 Å². The molecule has 0 fully saturated rings. The second-order valence-corrected chi connectivity index (χ2v) is 5.28. The minimum atomic E-state index is 0.534. The van der Waals surface area contributed by atoms with E-state index < -0.39 is 0 Å². The summed E-state index contributed by atoms with van der Waals surface area (Å²) < 4.78 is 14.9. The third-order valence-electron chi connectivity index (χ3n) is 2.59. The lowest BCUT2D eigenvalue weighted by atomic mass is 10.1. The summed E-state index contributed by atoms with van der Waals surface area (Å²) >= 11 is 7.36. The molecule has 0 saturated carbocycles. The molecule has 0 aliphatic heterocycles. The minimum absolute atomic E-state index is 0.534. The molecular formula is C13H15ClN2O2S. The van der Waals surface area contributed by atoms with Crippen LogP contribution in [0.2, 0.25) is 5.02 Å². The molecule has 0 atom stereocenters. The molecule has 2 aromatic rings. The summed E-state index contributed by atoms with van der Waals surface area (Å²) in [5, 5.41) is 1.30. The first-order valence-electron chi connectivity index (χ1n) is 5.86. The first kappa shape index (κ1) is 14.2. The van der Waals surface area contributed by atoms with E-state index in [1.54, 1.807) is 7.11 Å². The van der Waals surface area contributed by atoms with E-state index in [9.17, 15) is 0 Å². The number of nitrogens with zero attached hydrogens (tertiary/aromatic N) is 2. The summed E-state index contributed by atoms with van der Waals surface area (Å²) in [6.45, 7) is 4.51. The van der Waals surface area contributed by atoms with Crippen molar-refractivity contribution in [2.45, 2.75) is 20.3 Å². The van der Waals surface area contributed by atoms with Crippen LogP contribution in [0.4, 0.5) is 0 Å². The summed E-state index contributed by atoms with van der Waals surface area (Å²) in [6, 6.07) is 3.79. The minimum Gasteiger partial charge on any atom is -0.430 e. The first-order chi connectivity index (χ1) is 9.10. The second kappa shape index (κ2) is 6.32. The second-order valence-electron chi connectivity index (χ2n) is 4.19. The molecule has 0 spiro atoms. The van der Waals surface area contributed by atoms with Crippen molar-refractivity contribution in [1.82, 2.24) is 9.36 Å². The maximum atomic E-state index is 6.12. The SMILES string of the molecule is COCCc1nsc(Oc2cc(C)c(Cl)c(C)c2)n1. The third kappa shape index (κ3) is 3.65. The Kier molecular flexibility index (Phi) is 4.74. The third-order valence-corrected chi connectivity index (χ3v) is 3.82. The largest absolute Gasteiger partial charge is 0.430 e. The molecular weight excluding hydrogens is 284 g/mol. The van der Waals surface area contributed by atoms with E-state index in [4.69, 9.17) is 21.1 Å². The molecule has 2 rings (SSSR count). The Morgan fingerprint density at radius 1 is 1.26 bits per heavy atom. The first-order valence-corrected chi connectivity index (χ1v) is 7.01. The highest BCUT2D eigenvalue weighted by Gasteiger charge is 2.08. The number of rotatable bonds is 5. The van der Waals surface area contributed by atoms with Crippen molar-refractivity contribution in [2.75, 3.05) is 13.7 Å². The molecule has 102 valence electrons. The van der Waals surface area contributed by atoms with Crippen LogP contribution in [0.15, 0.2) is 12.1 Å². The number of aryl methyl sites for hydroxylation is 2. The quantitative estimate of drug-likeness (QED) is 0.842. The van der Waals surface area contributed by atoms with E-state index in [1.807, 2.05) is 26.0 Å². The van der Waals surface area contributed by atoms with Gasteiger partial charge in [-0.15, -0.1) is 0 Å². The fourth-order valence-electron chi connectivity index (χ4n) is 1.64. The van der Waals surface area contributed by atoms with Crippen molar-refractivity contribution in [2.24, 2.45) is 0 Å². The van der Waals surface area contributed by atoms with Crippen LogP contribution < -0.4 is 4.74 Å². The van der Waals surface area contributed by atoms with Crippen LogP contribution in [0, 0.1) is 13.8 Å². The van der Waals surface area contributed by atoms with Crippen LogP contribution in [0.25, 0.3) is 0 Å². The van der Waals surface area contributed by atoms with Gasteiger partial charge in [0.05, 0.1) is 6.61 Å². The van der Waals surface area contributed by atoms with Crippen molar-refractivity contribution in [3.63, 3.8) is 0 Å². The van der Waals surface area contributed by atoms with E-state index in [1.165, 1.54) is 11.5 Å². The molecule has 0 aliphatic carbocycles.